The van der Waals surface area contributed by atoms with Gasteiger partial charge in [-0.2, -0.15) is 0 Å². The van der Waals surface area contributed by atoms with Crippen molar-refractivity contribution < 1.29 is 4.74 Å². The molecule has 0 saturated carbocycles. The summed E-state index contributed by atoms with van der Waals surface area (Å²) < 4.78 is 4.77. The second kappa shape index (κ2) is 3.90. The molecular weight excluding hydrogens is 154 g/mol. The van der Waals surface area contributed by atoms with Crippen LogP contribution in [0.4, 0.5) is 5.69 Å². The molecule has 4 nitrogen and oxygen atoms in total. The number of ether oxygens (including phenoxy) is 1. The van der Waals surface area contributed by atoms with E-state index in [9.17, 15) is 0 Å². The molecule has 1 rings (SSSR count). The van der Waals surface area contributed by atoms with Gasteiger partial charge in [-0.3, -0.25) is 0 Å². The fraction of sp³-hybridized carbons (Fsp3) is 0.200. The standard InChI is InChI=1S/C5H7N3O.ClH/c1-9-5-4(6)2-7-3-8-5;/h2-3H,6H2,1H3;1H. The molecule has 0 unspecified atom stereocenters. The van der Waals surface area contributed by atoms with Crippen LogP contribution in [0, 0.1) is 0 Å². The van der Waals surface area contributed by atoms with E-state index < -0.39 is 0 Å². The van der Waals surface area contributed by atoms with Crippen molar-refractivity contribution >= 4 is 18.1 Å². The van der Waals surface area contributed by atoms with Crippen LogP contribution in [0.2, 0.25) is 0 Å². The van der Waals surface area contributed by atoms with E-state index in [-0.39, 0.29) is 12.4 Å². The van der Waals surface area contributed by atoms with Gasteiger partial charge in [0.1, 0.15) is 12.0 Å². The van der Waals surface area contributed by atoms with E-state index in [1.807, 2.05) is 0 Å². The Morgan fingerprint density at radius 1 is 1.60 bits per heavy atom. The highest BCUT2D eigenvalue weighted by Gasteiger charge is 1.95. The van der Waals surface area contributed by atoms with Gasteiger partial charge >= 0.3 is 0 Å². The van der Waals surface area contributed by atoms with Crippen molar-refractivity contribution in [1.82, 2.24) is 9.97 Å². The third kappa shape index (κ3) is 1.73. The maximum atomic E-state index is 5.38. The van der Waals surface area contributed by atoms with E-state index in [2.05, 4.69) is 9.97 Å². The number of hydrogen-bond donors (Lipinski definition) is 1. The Bertz CT molecular complexity index is 206. The molecule has 2 N–H and O–H groups in total. The Morgan fingerprint density at radius 3 is 2.70 bits per heavy atom. The quantitative estimate of drug-likeness (QED) is 0.651. The third-order valence-electron chi connectivity index (χ3n) is 0.896. The number of halogens is 1. The third-order valence-corrected chi connectivity index (χ3v) is 0.896. The van der Waals surface area contributed by atoms with E-state index in [1.165, 1.54) is 19.6 Å². The SMILES string of the molecule is COc1ncncc1N.Cl. The molecule has 0 aliphatic heterocycles. The van der Waals surface area contributed by atoms with Gasteiger partial charge in [-0.25, -0.2) is 9.97 Å². The number of aromatic nitrogens is 2. The number of hydrogen-bond acceptors (Lipinski definition) is 4. The predicted molar refractivity (Wildman–Crippen MR) is 40.2 cm³/mol. The Labute approximate surface area is 64.8 Å². The summed E-state index contributed by atoms with van der Waals surface area (Å²) in [5, 5.41) is 0. The van der Waals surface area contributed by atoms with Crippen molar-refractivity contribution in [2.45, 2.75) is 0 Å². The maximum absolute atomic E-state index is 5.38. The Kier molecular flexibility index (Phi) is 3.49. The van der Waals surface area contributed by atoms with Crippen molar-refractivity contribution in [2.24, 2.45) is 0 Å². The van der Waals surface area contributed by atoms with Crippen molar-refractivity contribution in [2.75, 3.05) is 12.8 Å². The summed E-state index contributed by atoms with van der Waals surface area (Å²) in [5.74, 6) is 0.421. The van der Waals surface area contributed by atoms with Crippen LogP contribution in [0.15, 0.2) is 12.5 Å². The number of rotatable bonds is 1. The lowest BCUT2D eigenvalue weighted by molar-refractivity contribution is 0.399. The van der Waals surface area contributed by atoms with Gasteiger partial charge in [0.2, 0.25) is 5.88 Å². The van der Waals surface area contributed by atoms with Crippen molar-refractivity contribution in [1.29, 1.82) is 0 Å². The van der Waals surface area contributed by atoms with Gasteiger partial charge in [0.15, 0.2) is 0 Å². The van der Waals surface area contributed by atoms with Gasteiger partial charge in [-0.05, 0) is 0 Å². The highest BCUT2D eigenvalue weighted by Crippen LogP contribution is 2.12. The zero-order valence-corrected chi connectivity index (χ0v) is 6.26. The Hall–Kier alpha value is -1.03. The van der Waals surface area contributed by atoms with Crippen molar-refractivity contribution in [3.05, 3.63) is 12.5 Å². The van der Waals surface area contributed by atoms with Crippen molar-refractivity contribution in [3.63, 3.8) is 0 Å². The zero-order valence-electron chi connectivity index (χ0n) is 5.44. The molecule has 0 amide bonds. The van der Waals surface area contributed by atoms with E-state index >= 15 is 0 Å². The first kappa shape index (κ1) is 8.97. The van der Waals surface area contributed by atoms with E-state index in [1.54, 1.807) is 0 Å². The number of nitrogens with zero attached hydrogens (tertiary/aromatic N) is 2. The fourth-order valence-electron chi connectivity index (χ4n) is 0.500. The summed E-state index contributed by atoms with van der Waals surface area (Å²) in [4.78, 5) is 7.42. The first-order valence-corrected chi connectivity index (χ1v) is 2.44. The smallest absolute Gasteiger partial charge is 0.240 e. The highest BCUT2D eigenvalue weighted by molar-refractivity contribution is 5.85. The maximum Gasteiger partial charge on any atom is 0.240 e. The summed E-state index contributed by atoms with van der Waals surface area (Å²) in [5.41, 5.74) is 5.84. The molecule has 0 bridgehead atoms. The predicted octanol–water partition coefficient (Wildman–Crippen LogP) is 0.489. The molecule has 1 heterocycles. The summed E-state index contributed by atoms with van der Waals surface area (Å²) in [6.07, 6.45) is 2.88. The number of anilines is 1. The molecule has 0 saturated heterocycles. The van der Waals surface area contributed by atoms with Crippen LogP contribution < -0.4 is 10.5 Å². The Balaban J connectivity index is 0.000000810. The minimum Gasteiger partial charge on any atom is -0.479 e. The summed E-state index contributed by atoms with van der Waals surface area (Å²) in [7, 11) is 1.51. The molecule has 0 fully saturated rings. The van der Waals surface area contributed by atoms with Gasteiger partial charge < -0.3 is 10.5 Å². The average Bonchev–Trinajstić information content (AvgIpc) is 1.89. The van der Waals surface area contributed by atoms with Crippen LogP contribution in [-0.2, 0) is 0 Å². The van der Waals surface area contributed by atoms with Gasteiger partial charge in [-0.1, -0.05) is 0 Å². The molecule has 0 radical (unpaired) electrons. The molecule has 5 heteroatoms. The van der Waals surface area contributed by atoms with Gasteiger partial charge in [0.25, 0.3) is 0 Å². The average molecular weight is 162 g/mol. The minimum atomic E-state index is 0. The minimum absolute atomic E-state index is 0. The number of methoxy groups -OCH3 is 1. The molecule has 1 aromatic rings. The van der Waals surface area contributed by atoms with Gasteiger partial charge in [0.05, 0.1) is 13.3 Å². The topological polar surface area (TPSA) is 61.0 Å². The lowest BCUT2D eigenvalue weighted by Crippen LogP contribution is -1.94. The molecule has 0 atom stereocenters. The lowest BCUT2D eigenvalue weighted by atomic mass is 10.5. The normalized spacial score (nSPS) is 8.10. The highest BCUT2D eigenvalue weighted by atomic mass is 35.5. The zero-order chi connectivity index (χ0) is 6.69. The second-order valence-corrected chi connectivity index (χ2v) is 1.49. The molecular formula is C5H8ClN3O. The summed E-state index contributed by atoms with van der Waals surface area (Å²) in [6.45, 7) is 0. The Morgan fingerprint density at radius 2 is 2.30 bits per heavy atom. The second-order valence-electron chi connectivity index (χ2n) is 1.49. The van der Waals surface area contributed by atoms with Crippen LogP contribution in [0.3, 0.4) is 0 Å². The number of nitrogens with two attached hydrogens (primary N) is 1. The molecule has 0 aliphatic rings. The molecule has 0 spiro atoms. The summed E-state index contributed by atoms with van der Waals surface area (Å²) in [6, 6.07) is 0. The van der Waals surface area contributed by atoms with E-state index in [4.69, 9.17) is 10.5 Å². The van der Waals surface area contributed by atoms with Gasteiger partial charge in [0, 0.05) is 0 Å². The molecule has 0 aromatic carbocycles. The fourth-order valence-corrected chi connectivity index (χ4v) is 0.500. The van der Waals surface area contributed by atoms with Crippen molar-refractivity contribution in [3.8, 4) is 5.88 Å². The molecule has 10 heavy (non-hydrogen) atoms. The van der Waals surface area contributed by atoms with Gasteiger partial charge in [-0.15, -0.1) is 12.4 Å². The van der Waals surface area contributed by atoms with Crippen LogP contribution in [0.5, 0.6) is 5.88 Å². The molecule has 0 aliphatic carbocycles. The summed E-state index contributed by atoms with van der Waals surface area (Å²) >= 11 is 0. The lowest BCUT2D eigenvalue weighted by Gasteiger charge is -1.98. The monoisotopic (exact) mass is 161 g/mol. The van der Waals surface area contributed by atoms with E-state index in [0.29, 0.717) is 11.6 Å². The number of nitrogen functional groups attached to an aromatic ring is 1. The van der Waals surface area contributed by atoms with Crippen LogP contribution in [-0.4, -0.2) is 17.1 Å². The first-order chi connectivity index (χ1) is 4.34. The molecule has 56 valence electrons. The largest absolute Gasteiger partial charge is 0.479 e. The van der Waals surface area contributed by atoms with E-state index in [0.717, 1.165) is 0 Å². The van der Waals surface area contributed by atoms with Crippen LogP contribution >= 0.6 is 12.4 Å². The van der Waals surface area contributed by atoms with Crippen LogP contribution in [0.1, 0.15) is 0 Å². The van der Waals surface area contributed by atoms with Crippen LogP contribution in [0.25, 0.3) is 0 Å². The molecule has 1 aromatic heterocycles. The first-order valence-electron chi connectivity index (χ1n) is 2.44.